The third-order valence-corrected chi connectivity index (χ3v) is 14.6. The lowest BCUT2D eigenvalue weighted by Gasteiger charge is -2.37. The van der Waals surface area contributed by atoms with Crippen molar-refractivity contribution in [1.82, 2.24) is 4.90 Å². The maximum atomic E-state index is 14.1. The number of benzene rings is 3. The zero-order valence-electron chi connectivity index (χ0n) is 26.2. The zero-order valence-corrected chi connectivity index (χ0v) is 27.2. The summed E-state index contributed by atoms with van der Waals surface area (Å²) in [6.45, 7) is 7.15. The molecular formula is C35H41N3O6Si. The van der Waals surface area contributed by atoms with Gasteiger partial charge in [0, 0.05) is 35.1 Å². The highest BCUT2D eigenvalue weighted by Gasteiger charge is 2.65. The van der Waals surface area contributed by atoms with E-state index in [1.165, 1.54) is 5.19 Å². The second-order valence-electron chi connectivity index (χ2n) is 12.9. The van der Waals surface area contributed by atoms with Gasteiger partial charge in [-0.25, -0.2) is 0 Å². The number of likely N-dealkylation sites (tertiary alicyclic amines) is 1. The van der Waals surface area contributed by atoms with E-state index >= 15 is 0 Å². The molecule has 0 saturated carbocycles. The topological polar surface area (TPSA) is 108 Å². The summed E-state index contributed by atoms with van der Waals surface area (Å²) in [6, 6.07) is 22.7. The van der Waals surface area contributed by atoms with Gasteiger partial charge in [-0.05, 0) is 60.8 Å². The van der Waals surface area contributed by atoms with Crippen molar-refractivity contribution in [3.63, 3.8) is 0 Å². The molecule has 0 bridgehead atoms. The van der Waals surface area contributed by atoms with Gasteiger partial charge in [0.2, 0.25) is 12.3 Å². The van der Waals surface area contributed by atoms with Gasteiger partial charge in [0.25, 0.3) is 5.91 Å². The number of anilines is 3. The third-order valence-electron chi connectivity index (χ3n) is 10.3. The Labute approximate surface area is 265 Å². The molecule has 236 valence electrons. The van der Waals surface area contributed by atoms with E-state index in [2.05, 4.69) is 37.5 Å². The summed E-state index contributed by atoms with van der Waals surface area (Å²) in [4.78, 5) is 43.6. The van der Waals surface area contributed by atoms with Crippen LogP contribution in [-0.4, -0.2) is 68.7 Å². The molecule has 0 aromatic heterocycles. The number of rotatable bonds is 9. The second-order valence-corrected chi connectivity index (χ2v) is 17.6. The van der Waals surface area contributed by atoms with Gasteiger partial charge < -0.3 is 24.8 Å². The SMILES string of the molecule is COc1ccc([Si](C)(C)[C@H]2[C@H](CC(=O)N3CCC[C@H]3CO)O[C@@]3(C(=O)Nc4ccc(N(C=O)c5ccccc5)cc43)[C@@H]2C)cc1. The summed E-state index contributed by atoms with van der Waals surface area (Å²) in [7, 11) is -0.786. The number of carbonyl (C=O) groups excluding carboxylic acids is 3. The van der Waals surface area contributed by atoms with E-state index in [0.717, 1.165) is 25.0 Å². The molecule has 0 radical (unpaired) electrons. The maximum Gasteiger partial charge on any atom is 0.261 e. The predicted molar refractivity (Wildman–Crippen MR) is 176 cm³/mol. The average Bonchev–Trinajstić information content (AvgIpc) is 3.73. The Morgan fingerprint density at radius 1 is 1.13 bits per heavy atom. The Morgan fingerprint density at radius 2 is 1.87 bits per heavy atom. The smallest absolute Gasteiger partial charge is 0.261 e. The molecule has 3 heterocycles. The lowest BCUT2D eigenvalue weighted by atomic mass is 9.82. The van der Waals surface area contributed by atoms with Crippen LogP contribution in [0.4, 0.5) is 17.1 Å². The van der Waals surface area contributed by atoms with Crippen LogP contribution in [0.1, 0.15) is 31.7 Å². The minimum Gasteiger partial charge on any atom is -0.497 e. The van der Waals surface area contributed by atoms with Crippen LogP contribution in [0.2, 0.25) is 18.6 Å². The Kier molecular flexibility index (Phi) is 8.32. The quantitative estimate of drug-likeness (QED) is 0.267. The average molecular weight is 628 g/mol. The van der Waals surface area contributed by atoms with Crippen molar-refractivity contribution in [2.45, 2.75) is 62.6 Å². The van der Waals surface area contributed by atoms with Crippen LogP contribution in [0.5, 0.6) is 5.75 Å². The summed E-state index contributed by atoms with van der Waals surface area (Å²) < 4.78 is 12.4. The van der Waals surface area contributed by atoms with Crippen LogP contribution < -0.4 is 20.1 Å². The highest BCUT2D eigenvalue weighted by Crippen LogP contribution is 2.59. The normalized spacial score (nSPS) is 25.7. The first kappa shape index (κ1) is 31.0. The van der Waals surface area contributed by atoms with Crippen molar-refractivity contribution in [2.24, 2.45) is 5.92 Å². The standard InChI is InChI=1S/C35H41N3O6Si/c1-23-33(45(3,4)28-15-13-27(43-2)14-16-28)31(20-32(41)37-18-8-11-26(37)21-39)44-35(23)29-19-25(12-17-30(29)36-34(35)42)38(22-40)24-9-6-5-7-10-24/h5-7,9-10,12-17,19,22-23,26,31,33,39H,8,11,18,20-21H2,1-4H3,(H,36,42)/t23-,26+,31+,33-,35+/m1/s1. The molecule has 3 aliphatic heterocycles. The molecule has 3 aromatic rings. The van der Waals surface area contributed by atoms with Crippen molar-refractivity contribution in [3.05, 3.63) is 78.4 Å². The molecule has 10 heteroatoms. The maximum absolute atomic E-state index is 14.1. The first-order valence-electron chi connectivity index (χ1n) is 15.6. The summed E-state index contributed by atoms with van der Waals surface area (Å²) >= 11 is 0. The fourth-order valence-corrected chi connectivity index (χ4v) is 12.0. The molecule has 1 spiro atoms. The van der Waals surface area contributed by atoms with Crippen molar-refractivity contribution in [1.29, 1.82) is 0 Å². The van der Waals surface area contributed by atoms with Gasteiger partial charge in [-0.2, -0.15) is 0 Å². The van der Waals surface area contributed by atoms with E-state index < -0.39 is 19.8 Å². The number of aliphatic hydroxyl groups excluding tert-OH is 1. The number of carbonyl (C=O) groups is 3. The Hall–Kier alpha value is -3.99. The van der Waals surface area contributed by atoms with Crippen LogP contribution >= 0.6 is 0 Å². The molecule has 3 amide bonds. The number of hydrogen-bond donors (Lipinski definition) is 2. The fraction of sp³-hybridized carbons (Fsp3) is 0.400. The minimum atomic E-state index is -2.43. The number of fused-ring (bicyclic) bond motifs is 2. The number of nitrogens with one attached hydrogen (secondary N) is 1. The van der Waals surface area contributed by atoms with Crippen LogP contribution in [-0.2, 0) is 24.7 Å². The molecule has 2 saturated heterocycles. The predicted octanol–water partition coefficient (Wildman–Crippen LogP) is 4.53. The molecular weight excluding hydrogens is 586 g/mol. The first-order valence-corrected chi connectivity index (χ1v) is 18.7. The number of amides is 3. The molecule has 6 rings (SSSR count). The highest BCUT2D eigenvalue weighted by molar-refractivity contribution is 6.91. The molecule has 9 nitrogen and oxygen atoms in total. The number of methoxy groups -OCH3 is 1. The first-order chi connectivity index (χ1) is 21.6. The monoisotopic (exact) mass is 627 g/mol. The van der Waals surface area contributed by atoms with Crippen molar-refractivity contribution in [2.75, 3.05) is 30.5 Å². The van der Waals surface area contributed by atoms with E-state index in [4.69, 9.17) is 9.47 Å². The van der Waals surface area contributed by atoms with Crippen LogP contribution in [0.25, 0.3) is 0 Å². The number of ether oxygens (including phenoxy) is 2. The van der Waals surface area contributed by atoms with E-state index in [9.17, 15) is 19.5 Å². The zero-order chi connectivity index (χ0) is 31.9. The molecule has 3 aromatic carbocycles. The van der Waals surface area contributed by atoms with Gasteiger partial charge in [0.1, 0.15) is 5.75 Å². The van der Waals surface area contributed by atoms with Gasteiger partial charge in [-0.3, -0.25) is 19.3 Å². The summed E-state index contributed by atoms with van der Waals surface area (Å²) in [5, 5.41) is 14.2. The van der Waals surface area contributed by atoms with Crippen molar-refractivity contribution >= 4 is 48.5 Å². The Bertz CT molecular complexity index is 1580. The molecule has 2 N–H and O–H groups in total. The highest BCUT2D eigenvalue weighted by atomic mass is 28.3. The Morgan fingerprint density at radius 3 is 2.53 bits per heavy atom. The van der Waals surface area contributed by atoms with Gasteiger partial charge in [0.15, 0.2) is 5.60 Å². The third kappa shape index (κ3) is 5.14. The largest absolute Gasteiger partial charge is 0.497 e. The van der Waals surface area contributed by atoms with E-state index in [1.54, 1.807) is 16.9 Å². The number of hydrogen-bond acceptors (Lipinski definition) is 6. The van der Waals surface area contributed by atoms with E-state index in [0.29, 0.717) is 29.2 Å². The van der Waals surface area contributed by atoms with Gasteiger partial charge in [-0.1, -0.05) is 55.5 Å². The van der Waals surface area contributed by atoms with Gasteiger partial charge >= 0.3 is 0 Å². The molecule has 45 heavy (non-hydrogen) atoms. The van der Waals surface area contributed by atoms with Gasteiger partial charge in [-0.15, -0.1) is 0 Å². The number of nitrogens with zero attached hydrogens (tertiary/aromatic N) is 2. The van der Waals surface area contributed by atoms with Gasteiger partial charge in [0.05, 0.1) is 40.4 Å². The summed E-state index contributed by atoms with van der Waals surface area (Å²) in [5.74, 6) is 0.160. The molecule has 2 fully saturated rings. The number of aliphatic hydroxyl groups is 1. The van der Waals surface area contributed by atoms with Crippen LogP contribution in [0, 0.1) is 5.92 Å². The molecule has 0 aliphatic carbocycles. The lowest BCUT2D eigenvalue weighted by molar-refractivity contribution is -0.148. The molecule has 0 unspecified atom stereocenters. The Balaban J connectivity index is 1.43. The fourth-order valence-electron chi connectivity index (χ4n) is 7.97. The summed E-state index contributed by atoms with van der Waals surface area (Å²) in [6.07, 6.45) is 1.98. The van der Waals surface area contributed by atoms with E-state index in [1.807, 2.05) is 60.7 Å². The summed E-state index contributed by atoms with van der Waals surface area (Å²) in [5.41, 5.74) is 1.19. The number of para-hydroxylation sites is 1. The van der Waals surface area contributed by atoms with E-state index in [-0.39, 0.29) is 42.3 Å². The minimum absolute atomic E-state index is 0.0612. The van der Waals surface area contributed by atoms with Crippen molar-refractivity contribution in [3.8, 4) is 5.75 Å². The van der Waals surface area contributed by atoms with Crippen LogP contribution in [0.15, 0.2) is 72.8 Å². The molecule has 3 aliphatic rings. The molecule has 5 atom stereocenters. The second kappa shape index (κ2) is 12.1. The van der Waals surface area contributed by atoms with Crippen molar-refractivity contribution < 1.29 is 29.0 Å². The lowest BCUT2D eigenvalue weighted by Crippen LogP contribution is -2.52. The van der Waals surface area contributed by atoms with Crippen LogP contribution in [0.3, 0.4) is 0 Å².